The van der Waals surface area contributed by atoms with Crippen LogP contribution in [0.1, 0.15) is 12.1 Å². The third kappa shape index (κ3) is 2.87. The molecule has 1 aromatic carbocycles. The first kappa shape index (κ1) is 12.1. The second-order valence-electron chi connectivity index (χ2n) is 3.65. The number of carbonyl (C=O) groups is 1. The molecule has 3 nitrogen and oxygen atoms in total. The summed E-state index contributed by atoms with van der Waals surface area (Å²) in [6.45, 7) is 0. The molecule has 0 aliphatic carbocycles. The molecule has 17 heavy (non-hydrogen) atoms. The van der Waals surface area contributed by atoms with Crippen molar-refractivity contribution >= 4 is 40.1 Å². The van der Waals surface area contributed by atoms with Crippen molar-refractivity contribution < 1.29 is 9.90 Å². The highest BCUT2D eigenvalue weighted by atomic mass is 35.5. The first-order chi connectivity index (χ1) is 8.06. The summed E-state index contributed by atoms with van der Waals surface area (Å²) in [7, 11) is 0. The first-order valence-electron chi connectivity index (χ1n) is 5.03. The van der Waals surface area contributed by atoms with Crippen molar-refractivity contribution in [2.45, 2.75) is 12.8 Å². The Labute approximate surface area is 108 Å². The van der Waals surface area contributed by atoms with Crippen molar-refractivity contribution in [1.29, 1.82) is 0 Å². The summed E-state index contributed by atoms with van der Waals surface area (Å²) in [5.41, 5.74) is 1.41. The second-order valence-corrected chi connectivity index (χ2v) is 4.49. The van der Waals surface area contributed by atoms with Gasteiger partial charge < -0.3 is 5.11 Å². The molecule has 0 amide bonds. The fraction of sp³-hybridized carbons (Fsp3) is 0.167. The summed E-state index contributed by atoms with van der Waals surface area (Å²) < 4.78 is 0. The van der Waals surface area contributed by atoms with Gasteiger partial charge in [-0.1, -0.05) is 23.2 Å². The Balaban J connectivity index is 2.39. The zero-order valence-corrected chi connectivity index (χ0v) is 10.3. The minimum absolute atomic E-state index is 0.0623. The number of pyridine rings is 1. The summed E-state index contributed by atoms with van der Waals surface area (Å²) in [6, 6.07) is 6.99. The molecule has 0 saturated heterocycles. The minimum atomic E-state index is -0.837. The van der Waals surface area contributed by atoms with Gasteiger partial charge in [-0.15, -0.1) is 0 Å². The highest BCUT2D eigenvalue weighted by Gasteiger charge is 2.05. The average molecular weight is 270 g/mol. The van der Waals surface area contributed by atoms with Gasteiger partial charge in [0.25, 0.3) is 0 Å². The minimum Gasteiger partial charge on any atom is -0.481 e. The van der Waals surface area contributed by atoms with Crippen LogP contribution >= 0.6 is 23.2 Å². The van der Waals surface area contributed by atoms with E-state index >= 15 is 0 Å². The number of aryl methyl sites for hydroxylation is 1. The van der Waals surface area contributed by atoms with Gasteiger partial charge in [0.1, 0.15) is 0 Å². The van der Waals surface area contributed by atoms with Gasteiger partial charge in [-0.2, -0.15) is 0 Å². The number of hydrogen-bond donors (Lipinski definition) is 1. The van der Waals surface area contributed by atoms with E-state index in [9.17, 15) is 4.79 Å². The maximum Gasteiger partial charge on any atom is 0.303 e. The first-order valence-corrected chi connectivity index (χ1v) is 5.78. The monoisotopic (exact) mass is 269 g/mol. The Hall–Kier alpha value is -1.32. The number of nitrogens with zero attached hydrogens (tertiary/aromatic N) is 1. The van der Waals surface area contributed by atoms with Crippen LogP contribution in [0.25, 0.3) is 10.9 Å². The van der Waals surface area contributed by atoms with Crippen LogP contribution in [0, 0.1) is 0 Å². The van der Waals surface area contributed by atoms with Gasteiger partial charge in [-0.3, -0.25) is 9.78 Å². The van der Waals surface area contributed by atoms with Gasteiger partial charge in [0.2, 0.25) is 0 Å². The zero-order valence-electron chi connectivity index (χ0n) is 8.78. The number of halogens is 2. The van der Waals surface area contributed by atoms with E-state index < -0.39 is 5.97 Å². The third-order valence-corrected chi connectivity index (χ3v) is 2.90. The lowest BCUT2D eigenvalue weighted by Gasteiger charge is -2.04. The van der Waals surface area contributed by atoms with Crippen LogP contribution in [0.2, 0.25) is 10.0 Å². The lowest BCUT2D eigenvalue weighted by molar-refractivity contribution is -0.136. The molecular weight excluding hydrogens is 261 g/mol. The maximum atomic E-state index is 10.5. The fourth-order valence-corrected chi connectivity index (χ4v) is 2.12. The SMILES string of the molecule is O=C(O)CCc1ccc2c(Cl)cc(Cl)cc2n1. The van der Waals surface area contributed by atoms with Gasteiger partial charge in [0.05, 0.1) is 17.0 Å². The molecular formula is C12H9Cl2NO2. The number of carboxylic acids is 1. The third-order valence-electron chi connectivity index (χ3n) is 2.37. The van der Waals surface area contributed by atoms with Crippen molar-refractivity contribution in [3.63, 3.8) is 0 Å². The number of hydrogen-bond acceptors (Lipinski definition) is 2. The molecule has 0 saturated carbocycles. The highest BCUT2D eigenvalue weighted by molar-refractivity contribution is 6.38. The van der Waals surface area contributed by atoms with Crippen molar-refractivity contribution in [1.82, 2.24) is 4.98 Å². The van der Waals surface area contributed by atoms with E-state index in [1.54, 1.807) is 18.2 Å². The molecule has 1 heterocycles. The number of carboxylic acid groups (broad SMARTS) is 1. The number of aliphatic carboxylic acids is 1. The van der Waals surface area contributed by atoms with Gasteiger partial charge in [0, 0.05) is 22.5 Å². The zero-order chi connectivity index (χ0) is 12.4. The molecule has 2 rings (SSSR count). The molecule has 0 radical (unpaired) electrons. The summed E-state index contributed by atoms with van der Waals surface area (Å²) in [5, 5.41) is 10.5. The van der Waals surface area contributed by atoms with E-state index in [0.717, 1.165) is 11.1 Å². The summed E-state index contributed by atoms with van der Waals surface area (Å²) in [4.78, 5) is 14.8. The van der Waals surface area contributed by atoms with Crippen LogP contribution in [-0.4, -0.2) is 16.1 Å². The van der Waals surface area contributed by atoms with Gasteiger partial charge in [-0.25, -0.2) is 0 Å². The molecule has 88 valence electrons. The van der Waals surface area contributed by atoms with Crippen molar-refractivity contribution in [3.05, 3.63) is 40.0 Å². The van der Waals surface area contributed by atoms with E-state index in [0.29, 0.717) is 22.0 Å². The normalized spacial score (nSPS) is 10.7. The van der Waals surface area contributed by atoms with Crippen LogP contribution < -0.4 is 0 Å². The standard InChI is InChI=1S/C12H9Cl2NO2/c13-7-5-10(14)9-3-1-8(2-4-12(16)17)15-11(9)6-7/h1,3,5-6H,2,4H2,(H,16,17). The Morgan fingerprint density at radius 2 is 2.06 bits per heavy atom. The van der Waals surface area contributed by atoms with Crippen molar-refractivity contribution in [2.75, 3.05) is 0 Å². The van der Waals surface area contributed by atoms with Crippen LogP contribution in [-0.2, 0) is 11.2 Å². The van der Waals surface area contributed by atoms with Gasteiger partial charge >= 0.3 is 5.97 Å². The Morgan fingerprint density at radius 1 is 1.29 bits per heavy atom. The molecule has 0 aliphatic heterocycles. The van der Waals surface area contributed by atoms with Crippen molar-refractivity contribution in [2.24, 2.45) is 0 Å². The number of benzene rings is 1. The Bertz CT molecular complexity index is 584. The van der Waals surface area contributed by atoms with Gasteiger partial charge in [-0.05, 0) is 24.3 Å². The second kappa shape index (κ2) is 4.90. The maximum absolute atomic E-state index is 10.5. The van der Waals surface area contributed by atoms with Crippen molar-refractivity contribution in [3.8, 4) is 0 Å². The Kier molecular flexibility index (Phi) is 3.50. The predicted octanol–water partition coefficient (Wildman–Crippen LogP) is 3.56. The molecule has 5 heteroatoms. The number of aromatic nitrogens is 1. The fourth-order valence-electron chi connectivity index (χ4n) is 1.57. The summed E-state index contributed by atoms with van der Waals surface area (Å²) in [6.07, 6.45) is 0.461. The van der Waals surface area contributed by atoms with Crippen LogP contribution in [0.3, 0.4) is 0 Å². The number of rotatable bonds is 3. The predicted molar refractivity (Wildman–Crippen MR) is 67.7 cm³/mol. The average Bonchev–Trinajstić information content (AvgIpc) is 2.25. The summed E-state index contributed by atoms with van der Waals surface area (Å²) >= 11 is 11.9. The molecule has 0 fully saturated rings. The molecule has 1 aromatic heterocycles. The van der Waals surface area contributed by atoms with E-state index in [1.807, 2.05) is 6.07 Å². The van der Waals surface area contributed by atoms with Crippen LogP contribution in [0.4, 0.5) is 0 Å². The quantitative estimate of drug-likeness (QED) is 0.927. The van der Waals surface area contributed by atoms with E-state index in [-0.39, 0.29) is 6.42 Å². The molecule has 0 spiro atoms. The van der Waals surface area contributed by atoms with Crippen LogP contribution in [0.5, 0.6) is 0 Å². The smallest absolute Gasteiger partial charge is 0.303 e. The molecule has 1 N–H and O–H groups in total. The summed E-state index contributed by atoms with van der Waals surface area (Å²) in [5.74, 6) is -0.837. The lowest BCUT2D eigenvalue weighted by Crippen LogP contribution is -1.99. The largest absolute Gasteiger partial charge is 0.481 e. The number of fused-ring (bicyclic) bond motifs is 1. The Morgan fingerprint density at radius 3 is 2.76 bits per heavy atom. The van der Waals surface area contributed by atoms with E-state index in [4.69, 9.17) is 28.3 Å². The lowest BCUT2D eigenvalue weighted by atomic mass is 10.1. The van der Waals surface area contributed by atoms with Crippen LogP contribution in [0.15, 0.2) is 24.3 Å². The molecule has 0 aliphatic rings. The highest BCUT2D eigenvalue weighted by Crippen LogP contribution is 2.26. The van der Waals surface area contributed by atoms with E-state index in [1.165, 1.54) is 0 Å². The molecule has 0 unspecified atom stereocenters. The molecule has 2 aromatic rings. The molecule has 0 bridgehead atoms. The topological polar surface area (TPSA) is 50.2 Å². The van der Waals surface area contributed by atoms with E-state index in [2.05, 4.69) is 4.98 Å². The van der Waals surface area contributed by atoms with Gasteiger partial charge in [0.15, 0.2) is 0 Å². The molecule has 0 atom stereocenters.